The molecule has 2 heterocycles. The molecule has 1 N–H and O–H groups in total. The van der Waals surface area contributed by atoms with Crippen molar-refractivity contribution >= 4 is 37.7 Å². The van der Waals surface area contributed by atoms with Crippen LogP contribution in [0.3, 0.4) is 0 Å². The number of benzene rings is 1. The summed E-state index contributed by atoms with van der Waals surface area (Å²) in [6.45, 7) is 1.35. The molecule has 1 unspecified atom stereocenters. The normalized spacial score (nSPS) is 20.5. The molecule has 2 aromatic rings. The second kappa shape index (κ2) is 6.51. The van der Waals surface area contributed by atoms with Gasteiger partial charge in [-0.15, -0.1) is 0 Å². The Morgan fingerprint density at radius 3 is 2.46 bits per heavy atom. The number of nitrogens with zero attached hydrogens (tertiary/aromatic N) is 3. The molecule has 0 spiro atoms. The molecular weight excluding hydrogens is 424 g/mol. The molecule has 0 saturated carbocycles. The van der Waals surface area contributed by atoms with E-state index in [1.165, 1.54) is 23.0 Å². The van der Waals surface area contributed by atoms with Gasteiger partial charge in [-0.05, 0) is 31.2 Å². The minimum Gasteiger partial charge on any atom is -0.319 e. The van der Waals surface area contributed by atoms with E-state index >= 15 is 0 Å². The van der Waals surface area contributed by atoms with Crippen LogP contribution >= 0.6 is 15.9 Å². The monoisotopic (exact) mass is 440 g/mol. The summed E-state index contributed by atoms with van der Waals surface area (Å²) in [7, 11) is -1.92. The average Bonchev–Trinajstić information content (AvgIpc) is 3.10. The SMILES string of the molecule is Cn1cc(C2(C)NC(=O)N(CCS(=O)(=O)c3ccc(Br)cc3)C2=O)cn1. The fourth-order valence-electron chi connectivity index (χ4n) is 2.75. The predicted octanol–water partition coefficient (Wildman–Crippen LogP) is 1.42. The van der Waals surface area contributed by atoms with Gasteiger partial charge in [0.25, 0.3) is 5.91 Å². The third-order valence-corrected chi connectivity index (χ3v) is 6.55. The van der Waals surface area contributed by atoms with E-state index in [-0.39, 0.29) is 17.2 Å². The third-order valence-electron chi connectivity index (χ3n) is 4.31. The zero-order valence-corrected chi connectivity index (χ0v) is 16.5. The standard InChI is InChI=1S/C16H17BrN4O4S/c1-16(11-9-18-20(2)10-11)14(22)21(15(23)19-16)7-8-26(24,25)13-5-3-12(17)4-6-13/h3-6,9-10H,7-8H2,1-2H3,(H,19,23). The van der Waals surface area contributed by atoms with E-state index < -0.39 is 27.3 Å². The van der Waals surface area contributed by atoms with Gasteiger partial charge in [0.1, 0.15) is 5.54 Å². The average molecular weight is 441 g/mol. The quantitative estimate of drug-likeness (QED) is 0.708. The van der Waals surface area contributed by atoms with Gasteiger partial charge in [-0.1, -0.05) is 15.9 Å². The lowest BCUT2D eigenvalue weighted by Crippen LogP contribution is -2.41. The van der Waals surface area contributed by atoms with Gasteiger partial charge >= 0.3 is 6.03 Å². The first kappa shape index (κ1) is 18.6. The topological polar surface area (TPSA) is 101 Å². The Balaban J connectivity index is 1.77. The number of urea groups is 1. The molecular formula is C16H17BrN4O4S. The highest BCUT2D eigenvalue weighted by atomic mass is 79.9. The molecule has 26 heavy (non-hydrogen) atoms. The molecule has 3 rings (SSSR count). The first-order valence-corrected chi connectivity index (χ1v) is 10.2. The summed E-state index contributed by atoms with van der Waals surface area (Å²) in [6, 6.07) is 5.59. The second-order valence-corrected chi connectivity index (χ2v) is 9.21. The molecule has 1 aliphatic heterocycles. The third kappa shape index (κ3) is 3.26. The summed E-state index contributed by atoms with van der Waals surface area (Å²) in [6.07, 6.45) is 3.14. The van der Waals surface area contributed by atoms with Crippen molar-refractivity contribution in [2.24, 2.45) is 7.05 Å². The molecule has 1 atom stereocenters. The van der Waals surface area contributed by atoms with E-state index in [0.717, 1.165) is 9.37 Å². The highest BCUT2D eigenvalue weighted by Gasteiger charge is 2.49. The minimum atomic E-state index is -3.62. The smallest absolute Gasteiger partial charge is 0.319 e. The van der Waals surface area contributed by atoms with E-state index in [1.54, 1.807) is 32.3 Å². The fraction of sp³-hybridized carbons (Fsp3) is 0.312. The number of hydrogen-bond donors (Lipinski definition) is 1. The van der Waals surface area contributed by atoms with Crippen molar-refractivity contribution < 1.29 is 18.0 Å². The number of carbonyl (C=O) groups is 2. The van der Waals surface area contributed by atoms with Crippen molar-refractivity contribution in [2.45, 2.75) is 17.4 Å². The van der Waals surface area contributed by atoms with Crippen LogP contribution in [0, 0.1) is 0 Å². The van der Waals surface area contributed by atoms with Crippen LogP contribution < -0.4 is 5.32 Å². The Labute approximate surface area is 159 Å². The minimum absolute atomic E-state index is 0.141. The molecule has 1 fully saturated rings. The summed E-state index contributed by atoms with van der Waals surface area (Å²) >= 11 is 3.25. The van der Waals surface area contributed by atoms with E-state index in [4.69, 9.17) is 0 Å². The molecule has 0 radical (unpaired) electrons. The second-order valence-electron chi connectivity index (χ2n) is 6.19. The van der Waals surface area contributed by atoms with Crippen LogP contribution in [-0.2, 0) is 27.2 Å². The van der Waals surface area contributed by atoms with E-state index in [9.17, 15) is 18.0 Å². The van der Waals surface area contributed by atoms with Gasteiger partial charge in [0, 0.05) is 29.8 Å². The first-order valence-electron chi connectivity index (χ1n) is 7.75. The Bertz CT molecular complexity index is 970. The van der Waals surface area contributed by atoms with Gasteiger partial charge in [-0.3, -0.25) is 14.4 Å². The van der Waals surface area contributed by atoms with Crippen LogP contribution in [0.1, 0.15) is 12.5 Å². The lowest BCUT2D eigenvalue weighted by Gasteiger charge is -2.20. The van der Waals surface area contributed by atoms with Crippen LogP contribution in [0.15, 0.2) is 46.0 Å². The van der Waals surface area contributed by atoms with E-state index in [2.05, 4.69) is 26.3 Å². The van der Waals surface area contributed by atoms with Crippen molar-refractivity contribution in [1.29, 1.82) is 0 Å². The zero-order chi connectivity index (χ0) is 19.1. The van der Waals surface area contributed by atoms with E-state index in [1.807, 2.05) is 0 Å². The summed E-state index contributed by atoms with van der Waals surface area (Å²) in [5, 5.41) is 6.64. The molecule has 8 nitrogen and oxygen atoms in total. The van der Waals surface area contributed by atoms with Gasteiger partial charge < -0.3 is 5.32 Å². The predicted molar refractivity (Wildman–Crippen MR) is 97.0 cm³/mol. The molecule has 10 heteroatoms. The number of aromatic nitrogens is 2. The maximum atomic E-state index is 12.7. The summed E-state index contributed by atoms with van der Waals surface area (Å²) in [5.74, 6) is -0.849. The summed E-state index contributed by atoms with van der Waals surface area (Å²) in [5.41, 5.74) is -0.719. The summed E-state index contributed by atoms with van der Waals surface area (Å²) < 4.78 is 27.2. The zero-order valence-electron chi connectivity index (χ0n) is 14.1. The Morgan fingerprint density at radius 1 is 1.23 bits per heavy atom. The lowest BCUT2D eigenvalue weighted by atomic mass is 9.95. The molecule has 3 amide bonds. The Kier molecular flexibility index (Phi) is 4.65. The lowest BCUT2D eigenvalue weighted by molar-refractivity contribution is -0.130. The van der Waals surface area contributed by atoms with Crippen molar-refractivity contribution in [2.75, 3.05) is 12.3 Å². The number of imide groups is 1. The van der Waals surface area contributed by atoms with Gasteiger partial charge in [0.15, 0.2) is 9.84 Å². The highest BCUT2D eigenvalue weighted by Crippen LogP contribution is 2.28. The molecule has 0 aliphatic carbocycles. The molecule has 0 bridgehead atoms. The fourth-order valence-corrected chi connectivity index (χ4v) is 4.22. The van der Waals surface area contributed by atoms with Crippen molar-refractivity contribution in [3.05, 3.63) is 46.7 Å². The van der Waals surface area contributed by atoms with Gasteiger partial charge in [-0.2, -0.15) is 5.10 Å². The number of hydrogen-bond acceptors (Lipinski definition) is 5. The largest absolute Gasteiger partial charge is 0.325 e. The van der Waals surface area contributed by atoms with Crippen molar-refractivity contribution in [3.63, 3.8) is 0 Å². The van der Waals surface area contributed by atoms with Gasteiger partial charge in [0.05, 0.1) is 16.8 Å². The van der Waals surface area contributed by atoms with Crippen molar-refractivity contribution in [1.82, 2.24) is 20.0 Å². The maximum absolute atomic E-state index is 12.7. The Hall–Kier alpha value is -2.20. The number of amides is 3. The number of aryl methyl sites for hydroxylation is 1. The van der Waals surface area contributed by atoms with Gasteiger partial charge in [-0.25, -0.2) is 13.2 Å². The van der Waals surface area contributed by atoms with E-state index in [0.29, 0.717) is 5.56 Å². The molecule has 1 saturated heterocycles. The molecule has 1 aromatic carbocycles. The molecule has 1 aromatic heterocycles. The maximum Gasteiger partial charge on any atom is 0.325 e. The van der Waals surface area contributed by atoms with Crippen LogP contribution in [0.5, 0.6) is 0 Å². The van der Waals surface area contributed by atoms with Crippen molar-refractivity contribution in [3.8, 4) is 0 Å². The number of nitrogens with one attached hydrogen (secondary N) is 1. The first-order chi connectivity index (χ1) is 12.1. The summed E-state index contributed by atoms with van der Waals surface area (Å²) in [4.78, 5) is 26.1. The van der Waals surface area contributed by atoms with Crippen LogP contribution in [0.4, 0.5) is 4.79 Å². The highest BCUT2D eigenvalue weighted by molar-refractivity contribution is 9.10. The molecule has 138 valence electrons. The molecule has 1 aliphatic rings. The van der Waals surface area contributed by atoms with Crippen LogP contribution in [0.25, 0.3) is 0 Å². The number of sulfone groups is 1. The number of carbonyl (C=O) groups excluding carboxylic acids is 2. The number of halogens is 1. The number of rotatable bonds is 5. The van der Waals surface area contributed by atoms with Crippen LogP contribution in [-0.4, -0.2) is 47.3 Å². The van der Waals surface area contributed by atoms with Crippen LogP contribution in [0.2, 0.25) is 0 Å². The van der Waals surface area contributed by atoms with Gasteiger partial charge in [0.2, 0.25) is 0 Å². The Morgan fingerprint density at radius 2 is 1.88 bits per heavy atom.